The van der Waals surface area contributed by atoms with E-state index < -0.39 is 5.91 Å². The van der Waals surface area contributed by atoms with Crippen LogP contribution in [0.5, 0.6) is 5.75 Å². The lowest BCUT2D eigenvalue weighted by atomic mass is 10.2. The Bertz CT molecular complexity index is 746. The van der Waals surface area contributed by atoms with Gasteiger partial charge in [-0.25, -0.2) is 0 Å². The van der Waals surface area contributed by atoms with Crippen LogP contribution in [0.4, 0.5) is 11.4 Å². The molecule has 0 saturated heterocycles. The lowest BCUT2D eigenvalue weighted by molar-refractivity contribution is -0.114. The predicted octanol–water partition coefficient (Wildman–Crippen LogP) is 3.01. The highest BCUT2D eigenvalue weighted by molar-refractivity contribution is 5.95. The van der Waals surface area contributed by atoms with E-state index in [-0.39, 0.29) is 18.6 Å². The molecule has 0 bridgehead atoms. The first-order chi connectivity index (χ1) is 12.0. The number of carbonyl (C=O) groups is 2. The molecule has 0 fully saturated rings. The number of rotatable bonds is 8. The van der Waals surface area contributed by atoms with Crippen LogP contribution in [0.3, 0.4) is 0 Å². The zero-order chi connectivity index (χ0) is 18.2. The van der Waals surface area contributed by atoms with Crippen molar-refractivity contribution in [1.29, 1.82) is 0 Å². The number of hydrogen-bond donors (Lipinski definition) is 3. The number of nitrogens with two attached hydrogens (primary N) is 1. The van der Waals surface area contributed by atoms with E-state index >= 15 is 0 Å². The topological polar surface area (TPSA) is 93.4 Å². The minimum atomic E-state index is -0.508. The molecule has 6 heteroatoms. The molecule has 4 N–H and O–H groups in total. The lowest BCUT2D eigenvalue weighted by Crippen LogP contribution is -2.22. The molecule has 0 spiro atoms. The molecule has 0 saturated carbocycles. The first-order valence-electron chi connectivity index (χ1n) is 8.18. The van der Waals surface area contributed by atoms with Gasteiger partial charge < -0.3 is 21.1 Å². The molecule has 25 heavy (non-hydrogen) atoms. The summed E-state index contributed by atoms with van der Waals surface area (Å²) >= 11 is 0. The first kappa shape index (κ1) is 18.3. The number of carbonyl (C=O) groups excluding carboxylic acids is 2. The maximum absolute atomic E-state index is 12.1. The molecule has 0 aromatic heterocycles. The van der Waals surface area contributed by atoms with Gasteiger partial charge in [-0.05, 0) is 43.7 Å². The normalized spacial score (nSPS) is 11.4. The Kier molecular flexibility index (Phi) is 6.39. The summed E-state index contributed by atoms with van der Waals surface area (Å²) in [4.78, 5) is 23.3. The highest BCUT2D eigenvalue weighted by Gasteiger charge is 2.06. The van der Waals surface area contributed by atoms with E-state index in [1.54, 1.807) is 36.4 Å². The van der Waals surface area contributed by atoms with Crippen molar-refractivity contribution in [2.75, 3.05) is 17.2 Å². The van der Waals surface area contributed by atoms with Crippen LogP contribution in [0, 0.1) is 0 Å². The first-order valence-corrected chi connectivity index (χ1v) is 8.18. The molecule has 2 aromatic carbocycles. The molecule has 0 radical (unpaired) electrons. The highest BCUT2D eigenvalue weighted by atomic mass is 16.5. The van der Waals surface area contributed by atoms with E-state index in [2.05, 4.69) is 17.6 Å². The van der Waals surface area contributed by atoms with Crippen LogP contribution in [0.2, 0.25) is 0 Å². The zero-order valence-electron chi connectivity index (χ0n) is 14.4. The largest absolute Gasteiger partial charge is 0.491 e. The number of nitrogens with one attached hydrogen (secondary N) is 2. The summed E-state index contributed by atoms with van der Waals surface area (Å²) in [6.45, 7) is 4.11. The second kappa shape index (κ2) is 8.73. The molecular weight excluding hydrogens is 318 g/mol. The van der Waals surface area contributed by atoms with Crippen LogP contribution in [-0.4, -0.2) is 24.5 Å². The summed E-state index contributed by atoms with van der Waals surface area (Å²) in [6.07, 6.45) is 1.02. The van der Waals surface area contributed by atoms with E-state index in [0.717, 1.165) is 6.42 Å². The minimum Gasteiger partial charge on any atom is -0.491 e. The molecule has 2 aromatic rings. The molecule has 1 unspecified atom stereocenters. The predicted molar refractivity (Wildman–Crippen MR) is 98.9 cm³/mol. The van der Waals surface area contributed by atoms with Crippen molar-refractivity contribution < 1.29 is 14.3 Å². The van der Waals surface area contributed by atoms with Gasteiger partial charge in [0.25, 0.3) is 0 Å². The summed E-state index contributed by atoms with van der Waals surface area (Å²) < 4.78 is 5.74. The number of hydrogen-bond acceptors (Lipinski definition) is 4. The van der Waals surface area contributed by atoms with Gasteiger partial charge in [-0.2, -0.15) is 0 Å². The zero-order valence-corrected chi connectivity index (χ0v) is 14.4. The van der Waals surface area contributed by atoms with Crippen molar-refractivity contribution in [3.05, 3.63) is 54.1 Å². The molecule has 2 rings (SSSR count). The van der Waals surface area contributed by atoms with Crippen LogP contribution >= 0.6 is 0 Å². The third kappa shape index (κ3) is 5.84. The van der Waals surface area contributed by atoms with Crippen molar-refractivity contribution in [3.8, 4) is 5.75 Å². The fraction of sp³-hybridized carbons (Fsp3) is 0.263. The number of amides is 2. The molecule has 132 valence electrons. The number of anilines is 2. The third-order valence-corrected chi connectivity index (χ3v) is 3.63. The Morgan fingerprint density at radius 1 is 1.12 bits per heavy atom. The van der Waals surface area contributed by atoms with E-state index in [0.29, 0.717) is 22.7 Å². The SMILES string of the molecule is CCC(C)Oc1cccc(NC(=O)CNc2cccc(C(N)=O)c2)c1. The second-order valence-electron chi connectivity index (χ2n) is 5.71. The molecule has 0 aliphatic heterocycles. The number of benzene rings is 2. The van der Waals surface area contributed by atoms with Gasteiger partial charge in [0.15, 0.2) is 0 Å². The van der Waals surface area contributed by atoms with E-state index in [1.165, 1.54) is 0 Å². The quantitative estimate of drug-likeness (QED) is 0.688. The maximum Gasteiger partial charge on any atom is 0.248 e. The maximum atomic E-state index is 12.1. The molecule has 0 aliphatic carbocycles. The van der Waals surface area contributed by atoms with Gasteiger partial charge in [0, 0.05) is 23.0 Å². The van der Waals surface area contributed by atoms with Gasteiger partial charge in [-0.15, -0.1) is 0 Å². The van der Waals surface area contributed by atoms with Crippen LogP contribution < -0.4 is 21.1 Å². The highest BCUT2D eigenvalue weighted by Crippen LogP contribution is 2.19. The molecule has 1 atom stereocenters. The molecule has 0 aliphatic rings. The van der Waals surface area contributed by atoms with Crippen molar-refractivity contribution in [2.24, 2.45) is 5.73 Å². The summed E-state index contributed by atoms with van der Waals surface area (Å²) in [5.74, 6) is 0.00524. The van der Waals surface area contributed by atoms with Crippen molar-refractivity contribution >= 4 is 23.2 Å². The summed E-state index contributed by atoms with van der Waals surface area (Å²) in [7, 11) is 0. The molecule has 2 amide bonds. The Balaban J connectivity index is 1.91. The molecule has 6 nitrogen and oxygen atoms in total. The van der Waals surface area contributed by atoms with E-state index in [1.807, 2.05) is 19.1 Å². The van der Waals surface area contributed by atoms with Crippen molar-refractivity contribution in [1.82, 2.24) is 0 Å². The van der Waals surface area contributed by atoms with Gasteiger partial charge in [0.1, 0.15) is 5.75 Å². The van der Waals surface area contributed by atoms with Gasteiger partial charge in [0.05, 0.1) is 12.6 Å². The number of ether oxygens (including phenoxy) is 1. The fourth-order valence-corrected chi connectivity index (χ4v) is 2.13. The minimum absolute atomic E-state index is 0.0681. The summed E-state index contributed by atoms with van der Waals surface area (Å²) in [5.41, 5.74) is 6.95. The third-order valence-electron chi connectivity index (χ3n) is 3.63. The number of primary amides is 1. The Morgan fingerprint density at radius 2 is 1.84 bits per heavy atom. The van der Waals surface area contributed by atoms with Gasteiger partial charge in [-0.3, -0.25) is 9.59 Å². The van der Waals surface area contributed by atoms with Crippen LogP contribution in [-0.2, 0) is 4.79 Å². The van der Waals surface area contributed by atoms with Crippen LogP contribution in [0.15, 0.2) is 48.5 Å². The Labute approximate surface area is 147 Å². The average molecular weight is 341 g/mol. The summed E-state index contributed by atoms with van der Waals surface area (Å²) in [5, 5.41) is 5.77. The summed E-state index contributed by atoms with van der Waals surface area (Å²) in [6, 6.07) is 14.0. The average Bonchev–Trinajstić information content (AvgIpc) is 2.60. The Hall–Kier alpha value is -3.02. The molecule has 0 heterocycles. The van der Waals surface area contributed by atoms with Crippen LogP contribution in [0.25, 0.3) is 0 Å². The smallest absolute Gasteiger partial charge is 0.248 e. The van der Waals surface area contributed by atoms with Crippen LogP contribution in [0.1, 0.15) is 30.6 Å². The Morgan fingerprint density at radius 3 is 2.56 bits per heavy atom. The lowest BCUT2D eigenvalue weighted by Gasteiger charge is -2.14. The molecular formula is C19H23N3O3. The van der Waals surface area contributed by atoms with Crippen molar-refractivity contribution in [2.45, 2.75) is 26.4 Å². The van der Waals surface area contributed by atoms with E-state index in [9.17, 15) is 9.59 Å². The second-order valence-corrected chi connectivity index (χ2v) is 5.71. The van der Waals surface area contributed by atoms with Crippen molar-refractivity contribution in [3.63, 3.8) is 0 Å². The monoisotopic (exact) mass is 341 g/mol. The van der Waals surface area contributed by atoms with Gasteiger partial charge >= 0.3 is 0 Å². The standard InChI is InChI=1S/C19H23N3O3/c1-3-13(2)25-17-9-5-8-16(11-17)22-18(23)12-21-15-7-4-6-14(10-15)19(20)24/h4-11,13,21H,3,12H2,1-2H3,(H2,20,24)(H,22,23). The van der Waals surface area contributed by atoms with Gasteiger partial charge in [-0.1, -0.05) is 19.1 Å². The van der Waals surface area contributed by atoms with E-state index in [4.69, 9.17) is 10.5 Å². The fourth-order valence-electron chi connectivity index (χ4n) is 2.13. The van der Waals surface area contributed by atoms with Gasteiger partial charge in [0.2, 0.25) is 11.8 Å².